The maximum Gasteiger partial charge on any atom is 0.248 e. The standard InChI is InChI=1S/C27H45N3O5S/c1-20-16-23(34-7)17-21(2)26(20)36(32,33)28(5)14-15-35-19-25(31)29(6)24-18-22(27(24,3)4)10-13-30-11-8-9-12-30/h16-17,22,24H,8-15,18-19H2,1-7H3/t22-,24+/m1/s1. The second-order valence-corrected chi connectivity index (χ2v) is 13.1. The van der Waals surface area contributed by atoms with Crippen LogP contribution in [-0.2, 0) is 19.6 Å². The Bertz CT molecular complexity index is 997. The Labute approximate surface area is 218 Å². The van der Waals surface area contributed by atoms with E-state index in [9.17, 15) is 13.2 Å². The molecule has 0 radical (unpaired) electrons. The van der Waals surface area contributed by atoms with Gasteiger partial charge in [-0.1, -0.05) is 13.8 Å². The van der Waals surface area contributed by atoms with Gasteiger partial charge in [-0.05, 0) is 93.8 Å². The summed E-state index contributed by atoms with van der Waals surface area (Å²) in [6.45, 7) is 11.9. The summed E-state index contributed by atoms with van der Waals surface area (Å²) in [7, 11) is 1.27. The number of carbonyl (C=O) groups excluding carboxylic acids is 1. The summed E-state index contributed by atoms with van der Waals surface area (Å²) in [5.41, 5.74) is 1.36. The van der Waals surface area contributed by atoms with Crippen LogP contribution in [0.3, 0.4) is 0 Å². The van der Waals surface area contributed by atoms with E-state index in [2.05, 4.69) is 18.7 Å². The van der Waals surface area contributed by atoms with Gasteiger partial charge in [-0.3, -0.25) is 4.79 Å². The molecule has 1 heterocycles. The first-order chi connectivity index (χ1) is 16.9. The van der Waals surface area contributed by atoms with Crippen molar-refractivity contribution in [2.75, 3.05) is 60.6 Å². The maximum absolute atomic E-state index is 13.1. The molecular weight excluding hydrogens is 478 g/mol. The minimum atomic E-state index is -3.68. The highest BCUT2D eigenvalue weighted by Gasteiger charge is 2.50. The SMILES string of the molecule is COc1cc(C)c(S(=O)(=O)N(C)CCOCC(=O)N(C)[C@H]2C[C@@H](CCN3CCCC3)C2(C)C)c(C)c1. The maximum atomic E-state index is 13.1. The van der Waals surface area contributed by atoms with Crippen LogP contribution in [-0.4, -0.2) is 95.1 Å². The van der Waals surface area contributed by atoms with Gasteiger partial charge in [-0.2, -0.15) is 4.31 Å². The molecule has 1 aliphatic carbocycles. The van der Waals surface area contributed by atoms with E-state index in [1.807, 2.05) is 11.9 Å². The molecule has 0 N–H and O–H groups in total. The summed E-state index contributed by atoms with van der Waals surface area (Å²) in [5.74, 6) is 1.20. The Morgan fingerprint density at radius 2 is 1.75 bits per heavy atom. The van der Waals surface area contributed by atoms with Crippen molar-refractivity contribution in [1.29, 1.82) is 0 Å². The number of aryl methyl sites for hydroxylation is 2. The number of hydrogen-bond donors (Lipinski definition) is 0. The summed E-state index contributed by atoms with van der Waals surface area (Å²) < 4.78 is 38.4. The van der Waals surface area contributed by atoms with Gasteiger partial charge < -0.3 is 19.3 Å². The Balaban J connectivity index is 1.44. The first-order valence-corrected chi connectivity index (χ1v) is 14.5. The molecule has 2 aliphatic rings. The number of nitrogens with zero attached hydrogens (tertiary/aromatic N) is 3. The molecule has 3 rings (SSSR count). The summed E-state index contributed by atoms with van der Waals surface area (Å²) in [5, 5.41) is 0. The van der Waals surface area contributed by atoms with Crippen molar-refractivity contribution in [3.63, 3.8) is 0 Å². The molecule has 1 saturated heterocycles. The second-order valence-electron chi connectivity index (χ2n) is 11.1. The predicted molar refractivity (Wildman–Crippen MR) is 142 cm³/mol. The molecule has 0 bridgehead atoms. The minimum Gasteiger partial charge on any atom is -0.497 e. The molecule has 0 unspecified atom stereocenters. The molecular formula is C27H45N3O5S. The second kappa shape index (κ2) is 11.8. The number of amides is 1. The largest absolute Gasteiger partial charge is 0.497 e. The molecule has 36 heavy (non-hydrogen) atoms. The number of rotatable bonds is 12. The molecule has 1 amide bonds. The molecule has 0 aromatic heterocycles. The van der Waals surface area contributed by atoms with Crippen LogP contribution in [0.15, 0.2) is 17.0 Å². The number of likely N-dealkylation sites (tertiary alicyclic amines) is 1. The lowest BCUT2D eigenvalue weighted by molar-refractivity contribution is -0.148. The molecule has 1 saturated carbocycles. The Hall–Kier alpha value is -1.68. The Morgan fingerprint density at radius 3 is 2.31 bits per heavy atom. The lowest BCUT2D eigenvalue weighted by Gasteiger charge is -2.56. The number of sulfonamides is 1. The molecule has 9 heteroatoms. The fourth-order valence-corrected chi connectivity index (χ4v) is 7.38. The van der Waals surface area contributed by atoms with E-state index in [4.69, 9.17) is 9.47 Å². The molecule has 0 spiro atoms. The Kier molecular flexibility index (Phi) is 9.46. The van der Waals surface area contributed by atoms with Crippen LogP contribution >= 0.6 is 0 Å². The molecule has 2 fully saturated rings. The van der Waals surface area contributed by atoms with Gasteiger partial charge >= 0.3 is 0 Å². The zero-order chi connectivity index (χ0) is 26.7. The van der Waals surface area contributed by atoms with Gasteiger partial charge in [0.15, 0.2) is 0 Å². The summed E-state index contributed by atoms with van der Waals surface area (Å²) in [4.78, 5) is 17.5. The van der Waals surface area contributed by atoms with Crippen LogP contribution in [0.1, 0.15) is 50.7 Å². The minimum absolute atomic E-state index is 0.0456. The average Bonchev–Trinajstić information content (AvgIpc) is 3.33. The normalized spacial score (nSPS) is 22.0. The highest BCUT2D eigenvalue weighted by atomic mass is 32.2. The van der Waals surface area contributed by atoms with Crippen molar-refractivity contribution in [2.45, 2.75) is 64.3 Å². The zero-order valence-corrected chi connectivity index (χ0v) is 24.0. The fourth-order valence-electron chi connectivity index (χ4n) is 5.82. The van der Waals surface area contributed by atoms with Crippen LogP contribution in [0.5, 0.6) is 5.75 Å². The first kappa shape index (κ1) is 28.9. The van der Waals surface area contributed by atoms with Crippen LogP contribution < -0.4 is 4.74 Å². The molecule has 1 aromatic carbocycles. The average molecular weight is 524 g/mol. The smallest absolute Gasteiger partial charge is 0.248 e. The van der Waals surface area contributed by atoms with Crippen molar-refractivity contribution in [1.82, 2.24) is 14.1 Å². The number of ether oxygens (including phenoxy) is 2. The van der Waals surface area contributed by atoms with Crippen molar-refractivity contribution in [3.8, 4) is 5.75 Å². The first-order valence-electron chi connectivity index (χ1n) is 13.1. The summed E-state index contributed by atoms with van der Waals surface area (Å²) in [6.07, 6.45) is 4.85. The van der Waals surface area contributed by atoms with E-state index in [1.54, 1.807) is 33.1 Å². The molecule has 2 atom stereocenters. The van der Waals surface area contributed by atoms with Crippen molar-refractivity contribution < 1.29 is 22.7 Å². The van der Waals surface area contributed by atoms with E-state index in [1.165, 1.54) is 43.7 Å². The predicted octanol–water partition coefficient (Wildman–Crippen LogP) is 3.31. The number of likely N-dealkylation sites (N-methyl/N-ethyl adjacent to an activating group) is 2. The van der Waals surface area contributed by atoms with Gasteiger partial charge in [0.25, 0.3) is 0 Å². The van der Waals surface area contributed by atoms with Gasteiger partial charge in [0, 0.05) is 26.7 Å². The lowest BCUT2D eigenvalue weighted by Crippen LogP contribution is -2.59. The van der Waals surface area contributed by atoms with Crippen LogP contribution in [0.25, 0.3) is 0 Å². The highest BCUT2D eigenvalue weighted by molar-refractivity contribution is 7.89. The van der Waals surface area contributed by atoms with Crippen molar-refractivity contribution >= 4 is 15.9 Å². The van der Waals surface area contributed by atoms with Gasteiger partial charge in [0.05, 0.1) is 18.6 Å². The zero-order valence-electron chi connectivity index (χ0n) is 23.2. The van der Waals surface area contributed by atoms with Gasteiger partial charge in [0.1, 0.15) is 12.4 Å². The third kappa shape index (κ3) is 6.23. The number of hydrogen-bond acceptors (Lipinski definition) is 6. The van der Waals surface area contributed by atoms with Crippen molar-refractivity contribution in [3.05, 3.63) is 23.3 Å². The monoisotopic (exact) mass is 523 g/mol. The van der Waals surface area contributed by atoms with E-state index >= 15 is 0 Å². The van der Waals surface area contributed by atoms with Gasteiger partial charge in [-0.25, -0.2) is 8.42 Å². The van der Waals surface area contributed by atoms with Crippen LogP contribution in [0.2, 0.25) is 0 Å². The quantitative estimate of drug-likeness (QED) is 0.391. The number of methoxy groups -OCH3 is 1. The third-order valence-electron chi connectivity index (χ3n) is 8.39. The fraction of sp³-hybridized carbons (Fsp3) is 0.741. The van der Waals surface area contributed by atoms with Crippen LogP contribution in [0, 0.1) is 25.2 Å². The van der Waals surface area contributed by atoms with E-state index in [-0.39, 0.29) is 42.0 Å². The summed E-state index contributed by atoms with van der Waals surface area (Å²) in [6, 6.07) is 3.65. The number of carbonyl (C=O) groups is 1. The topological polar surface area (TPSA) is 79.4 Å². The van der Waals surface area contributed by atoms with Crippen LogP contribution in [0.4, 0.5) is 0 Å². The van der Waals surface area contributed by atoms with E-state index in [0.29, 0.717) is 22.8 Å². The molecule has 1 aliphatic heterocycles. The lowest BCUT2D eigenvalue weighted by atomic mass is 9.57. The number of benzene rings is 1. The van der Waals surface area contributed by atoms with Gasteiger partial charge in [-0.15, -0.1) is 0 Å². The van der Waals surface area contributed by atoms with E-state index in [0.717, 1.165) is 13.0 Å². The third-order valence-corrected chi connectivity index (χ3v) is 10.5. The van der Waals surface area contributed by atoms with Gasteiger partial charge in [0.2, 0.25) is 15.9 Å². The van der Waals surface area contributed by atoms with E-state index < -0.39 is 10.0 Å². The molecule has 204 valence electrons. The highest BCUT2D eigenvalue weighted by Crippen LogP contribution is 2.50. The Morgan fingerprint density at radius 1 is 1.14 bits per heavy atom. The summed E-state index contributed by atoms with van der Waals surface area (Å²) >= 11 is 0. The van der Waals surface area contributed by atoms with Crippen molar-refractivity contribution in [2.24, 2.45) is 11.3 Å². The molecule has 1 aromatic rings. The molecule has 8 nitrogen and oxygen atoms in total.